The van der Waals surface area contributed by atoms with Crippen LogP contribution in [0.3, 0.4) is 0 Å². The summed E-state index contributed by atoms with van der Waals surface area (Å²) >= 11 is 0. The Kier molecular flexibility index (Phi) is 7.25. The van der Waals surface area contributed by atoms with Crippen molar-refractivity contribution in [3.63, 3.8) is 0 Å². The van der Waals surface area contributed by atoms with Gasteiger partial charge in [-0.2, -0.15) is 4.39 Å². The average molecular weight is 478 g/mol. The molecule has 0 aliphatic rings. The van der Waals surface area contributed by atoms with Crippen molar-refractivity contribution >= 4 is 0 Å². The molecule has 0 N–H and O–H groups in total. The highest BCUT2D eigenvalue weighted by atomic mass is 19.2. The van der Waals surface area contributed by atoms with E-state index in [4.69, 9.17) is 4.74 Å². The second-order valence-corrected chi connectivity index (χ2v) is 7.95. The van der Waals surface area contributed by atoms with Gasteiger partial charge in [-0.1, -0.05) is 49.1 Å². The van der Waals surface area contributed by atoms with Crippen LogP contribution in [0, 0.1) is 30.2 Å². The maximum Gasteiger partial charge on any atom is 0.201 e. The molecule has 0 radical (unpaired) electrons. The number of benzene rings is 3. The summed E-state index contributed by atoms with van der Waals surface area (Å²) in [5, 5.41) is 0. The second kappa shape index (κ2) is 10.5. The van der Waals surface area contributed by atoms with E-state index >= 15 is 0 Å². The van der Waals surface area contributed by atoms with Gasteiger partial charge >= 0.3 is 0 Å². The smallest absolute Gasteiger partial charge is 0.201 e. The Morgan fingerprint density at radius 1 is 0.743 bits per heavy atom. The summed E-state index contributed by atoms with van der Waals surface area (Å²) < 4.78 is 63.3. The van der Waals surface area contributed by atoms with Gasteiger partial charge in [0.2, 0.25) is 5.82 Å². The third-order valence-electron chi connectivity index (χ3n) is 5.61. The van der Waals surface area contributed by atoms with Gasteiger partial charge in [-0.15, -0.1) is 0 Å². The van der Waals surface area contributed by atoms with Crippen molar-refractivity contribution in [3.8, 4) is 28.0 Å². The third-order valence-corrected chi connectivity index (χ3v) is 5.61. The molecule has 1 aromatic heterocycles. The lowest BCUT2D eigenvalue weighted by atomic mass is 9.98. The standard InChI is InChI=1S/C28H22F4N2O/c1-3-14-35-24-13-12-22(27(31)28(24)32)19-7-4-18(5-8-19)6-9-20-10-11-23(26(30)25(20)29)21-15-33-17(2)34-16-21/h3-5,7-8,10-13,15-16H,1,6,9,14H2,2H3. The highest BCUT2D eigenvalue weighted by Gasteiger charge is 2.17. The summed E-state index contributed by atoms with van der Waals surface area (Å²) in [6, 6.07) is 12.7. The molecular formula is C28H22F4N2O. The Balaban J connectivity index is 1.47. The van der Waals surface area contributed by atoms with E-state index in [1.54, 1.807) is 37.3 Å². The van der Waals surface area contributed by atoms with E-state index < -0.39 is 23.3 Å². The molecule has 3 aromatic carbocycles. The highest BCUT2D eigenvalue weighted by Crippen LogP contribution is 2.31. The van der Waals surface area contributed by atoms with Gasteiger partial charge in [0.25, 0.3) is 0 Å². The van der Waals surface area contributed by atoms with Crippen molar-refractivity contribution in [2.24, 2.45) is 0 Å². The minimum atomic E-state index is -1.06. The molecular weight excluding hydrogens is 456 g/mol. The summed E-state index contributed by atoms with van der Waals surface area (Å²) in [6.45, 7) is 5.26. The average Bonchev–Trinajstić information content (AvgIpc) is 2.87. The molecule has 4 aromatic rings. The fraction of sp³-hybridized carbons (Fsp3) is 0.143. The van der Waals surface area contributed by atoms with Crippen molar-refractivity contribution in [1.29, 1.82) is 0 Å². The zero-order valence-corrected chi connectivity index (χ0v) is 19.0. The Bertz CT molecular complexity index is 1350. The summed E-state index contributed by atoms with van der Waals surface area (Å²) in [5.41, 5.74) is 2.18. The van der Waals surface area contributed by atoms with E-state index in [-0.39, 0.29) is 35.5 Å². The van der Waals surface area contributed by atoms with Crippen LogP contribution in [0.2, 0.25) is 0 Å². The summed E-state index contributed by atoms with van der Waals surface area (Å²) in [4.78, 5) is 8.05. The zero-order valence-electron chi connectivity index (χ0n) is 19.0. The second-order valence-electron chi connectivity index (χ2n) is 7.95. The zero-order chi connectivity index (χ0) is 24.9. The molecule has 0 aliphatic heterocycles. The highest BCUT2D eigenvalue weighted by molar-refractivity contribution is 5.66. The predicted octanol–water partition coefficient (Wildman–Crippen LogP) is 7.03. The first-order valence-corrected chi connectivity index (χ1v) is 11.0. The van der Waals surface area contributed by atoms with Crippen molar-refractivity contribution in [2.75, 3.05) is 6.61 Å². The fourth-order valence-corrected chi connectivity index (χ4v) is 3.68. The number of halogens is 4. The van der Waals surface area contributed by atoms with Gasteiger partial charge in [-0.3, -0.25) is 0 Å². The van der Waals surface area contributed by atoms with E-state index in [1.165, 1.54) is 36.7 Å². The van der Waals surface area contributed by atoms with Crippen LogP contribution in [0.5, 0.6) is 5.75 Å². The van der Waals surface area contributed by atoms with Crippen LogP contribution in [0.25, 0.3) is 22.3 Å². The molecule has 0 aliphatic carbocycles. The van der Waals surface area contributed by atoms with E-state index in [1.807, 2.05) is 0 Å². The van der Waals surface area contributed by atoms with Crippen molar-refractivity contribution in [1.82, 2.24) is 9.97 Å². The van der Waals surface area contributed by atoms with Crippen molar-refractivity contribution < 1.29 is 22.3 Å². The first kappa shape index (κ1) is 24.1. The largest absolute Gasteiger partial charge is 0.486 e. The monoisotopic (exact) mass is 478 g/mol. The first-order chi connectivity index (χ1) is 16.9. The topological polar surface area (TPSA) is 35.0 Å². The van der Waals surface area contributed by atoms with Gasteiger partial charge in [-0.05, 0) is 48.6 Å². The van der Waals surface area contributed by atoms with Crippen LogP contribution in [0.1, 0.15) is 17.0 Å². The fourth-order valence-electron chi connectivity index (χ4n) is 3.68. The maximum absolute atomic E-state index is 14.7. The number of hydrogen-bond acceptors (Lipinski definition) is 3. The van der Waals surface area contributed by atoms with Crippen LogP contribution >= 0.6 is 0 Å². The first-order valence-electron chi connectivity index (χ1n) is 11.0. The molecule has 0 fully saturated rings. The molecule has 1 heterocycles. The van der Waals surface area contributed by atoms with E-state index in [0.717, 1.165) is 5.56 Å². The van der Waals surface area contributed by atoms with Gasteiger partial charge in [-0.25, -0.2) is 23.1 Å². The van der Waals surface area contributed by atoms with Crippen LogP contribution in [-0.2, 0) is 12.8 Å². The molecule has 7 heteroatoms. The Hall–Kier alpha value is -4.00. The molecule has 0 bridgehead atoms. The van der Waals surface area contributed by atoms with Crippen molar-refractivity contribution in [2.45, 2.75) is 19.8 Å². The lowest BCUT2D eigenvalue weighted by molar-refractivity contribution is 0.333. The lowest BCUT2D eigenvalue weighted by Gasteiger charge is -2.11. The Morgan fingerprint density at radius 3 is 2.06 bits per heavy atom. The molecule has 0 amide bonds. The Morgan fingerprint density at radius 2 is 1.37 bits per heavy atom. The Labute approximate surface area is 200 Å². The third kappa shape index (κ3) is 5.24. The number of ether oxygens (including phenoxy) is 1. The number of nitrogens with zero attached hydrogens (tertiary/aromatic N) is 2. The normalized spacial score (nSPS) is 10.9. The van der Waals surface area contributed by atoms with E-state index in [2.05, 4.69) is 16.5 Å². The minimum absolute atomic E-state index is 0.0675. The molecule has 0 spiro atoms. The predicted molar refractivity (Wildman–Crippen MR) is 127 cm³/mol. The SMILES string of the molecule is C=CCOc1ccc(-c2ccc(CCc3ccc(-c4cnc(C)nc4)c(F)c3F)cc2)c(F)c1F. The van der Waals surface area contributed by atoms with Gasteiger partial charge in [0.15, 0.2) is 23.2 Å². The van der Waals surface area contributed by atoms with Gasteiger partial charge < -0.3 is 4.74 Å². The minimum Gasteiger partial charge on any atom is -0.486 e. The van der Waals surface area contributed by atoms with Crippen LogP contribution in [0.4, 0.5) is 17.6 Å². The van der Waals surface area contributed by atoms with Crippen LogP contribution in [-0.4, -0.2) is 16.6 Å². The number of rotatable bonds is 8. The van der Waals surface area contributed by atoms with Gasteiger partial charge in [0.1, 0.15) is 12.4 Å². The van der Waals surface area contributed by atoms with E-state index in [9.17, 15) is 17.6 Å². The molecule has 0 unspecified atom stereocenters. The molecule has 35 heavy (non-hydrogen) atoms. The maximum atomic E-state index is 14.7. The number of aryl methyl sites for hydroxylation is 3. The number of aromatic nitrogens is 2. The summed E-state index contributed by atoms with van der Waals surface area (Å²) in [7, 11) is 0. The summed E-state index contributed by atoms with van der Waals surface area (Å²) in [5.74, 6) is -3.56. The van der Waals surface area contributed by atoms with Crippen LogP contribution in [0.15, 0.2) is 73.6 Å². The molecule has 0 atom stereocenters. The molecule has 0 saturated heterocycles. The summed E-state index contributed by atoms with van der Waals surface area (Å²) in [6.07, 6.45) is 5.06. The van der Waals surface area contributed by atoms with Gasteiger partial charge in [0, 0.05) is 29.1 Å². The van der Waals surface area contributed by atoms with Gasteiger partial charge in [0.05, 0.1) is 0 Å². The molecule has 4 rings (SSSR count). The lowest BCUT2D eigenvalue weighted by Crippen LogP contribution is -2.01. The molecule has 0 saturated carbocycles. The van der Waals surface area contributed by atoms with Crippen molar-refractivity contribution in [3.05, 3.63) is 114 Å². The number of hydrogen-bond donors (Lipinski definition) is 0. The molecule has 178 valence electrons. The van der Waals surface area contributed by atoms with Crippen LogP contribution < -0.4 is 4.74 Å². The molecule has 3 nitrogen and oxygen atoms in total. The van der Waals surface area contributed by atoms with E-state index in [0.29, 0.717) is 23.4 Å². The quantitative estimate of drug-likeness (QED) is 0.202.